The number of carbonyl (C=O) groups excluding carboxylic acids is 2. The number of alkyl halides is 2. The quantitative estimate of drug-likeness (QED) is 0.471. The van der Waals surface area contributed by atoms with E-state index < -0.39 is 24.5 Å². The molecule has 0 aliphatic heterocycles. The second-order valence-electron chi connectivity index (χ2n) is 5.51. The summed E-state index contributed by atoms with van der Waals surface area (Å²) in [5, 5.41) is 0.141. The predicted molar refractivity (Wildman–Crippen MR) is 96.8 cm³/mol. The summed E-state index contributed by atoms with van der Waals surface area (Å²) in [5.41, 5.74) is 0.246. The van der Waals surface area contributed by atoms with Gasteiger partial charge in [-0.1, -0.05) is 11.6 Å². The Labute approximate surface area is 164 Å². The number of methoxy groups -OCH3 is 2. The second kappa shape index (κ2) is 9.36. The van der Waals surface area contributed by atoms with Crippen molar-refractivity contribution < 1.29 is 37.3 Å². The molecule has 1 atom stereocenters. The van der Waals surface area contributed by atoms with E-state index in [-0.39, 0.29) is 33.4 Å². The largest absolute Gasteiger partial charge is 0.493 e. The van der Waals surface area contributed by atoms with Crippen LogP contribution >= 0.6 is 11.6 Å². The molecule has 0 unspecified atom stereocenters. The molecule has 0 fully saturated rings. The molecule has 0 saturated carbocycles. The van der Waals surface area contributed by atoms with Gasteiger partial charge >= 0.3 is 12.6 Å². The molecule has 2 aromatic carbocycles. The molecule has 0 aliphatic rings. The lowest BCUT2D eigenvalue weighted by Crippen LogP contribution is -2.24. The number of esters is 1. The van der Waals surface area contributed by atoms with Gasteiger partial charge in [0.05, 0.1) is 24.8 Å². The summed E-state index contributed by atoms with van der Waals surface area (Å²) >= 11 is 6.06. The molecule has 0 bridgehead atoms. The molecule has 0 saturated heterocycles. The van der Waals surface area contributed by atoms with Gasteiger partial charge < -0.3 is 18.9 Å². The van der Waals surface area contributed by atoms with Gasteiger partial charge in [0.2, 0.25) is 5.78 Å². The van der Waals surface area contributed by atoms with Crippen molar-refractivity contribution in [2.45, 2.75) is 19.6 Å². The SMILES string of the molecule is COc1cc(C(=O)O[C@@H](C)C(=O)c2ccc(OC(F)F)cc2)cc(Cl)c1OC. The zero-order valence-electron chi connectivity index (χ0n) is 15.2. The Morgan fingerprint density at radius 2 is 1.64 bits per heavy atom. The minimum Gasteiger partial charge on any atom is -0.493 e. The normalized spacial score (nSPS) is 11.7. The summed E-state index contributed by atoms with van der Waals surface area (Å²) in [6, 6.07) is 7.76. The minimum atomic E-state index is -2.96. The van der Waals surface area contributed by atoms with Crippen LogP contribution in [0.2, 0.25) is 5.02 Å². The zero-order chi connectivity index (χ0) is 20.8. The van der Waals surface area contributed by atoms with E-state index in [4.69, 9.17) is 25.8 Å². The Morgan fingerprint density at radius 1 is 1.00 bits per heavy atom. The monoisotopic (exact) mass is 414 g/mol. The standard InChI is InChI=1S/C19H17ClF2O6/c1-10(16(23)11-4-6-13(7-5-11)28-19(21)22)27-18(24)12-8-14(20)17(26-3)15(9-12)25-2/h4-10,19H,1-3H3/t10-/m0/s1. The first-order chi connectivity index (χ1) is 13.3. The molecule has 0 N–H and O–H groups in total. The molecule has 0 aromatic heterocycles. The molecular formula is C19H17ClF2O6. The summed E-state index contributed by atoms with van der Waals surface area (Å²) < 4.78 is 44.0. The van der Waals surface area contributed by atoms with E-state index in [1.165, 1.54) is 57.5 Å². The van der Waals surface area contributed by atoms with Gasteiger partial charge in [-0.05, 0) is 43.3 Å². The average molecular weight is 415 g/mol. The number of ether oxygens (including phenoxy) is 4. The molecule has 2 rings (SSSR count). The Hall–Kier alpha value is -2.87. The van der Waals surface area contributed by atoms with Crippen LogP contribution < -0.4 is 14.2 Å². The number of carbonyl (C=O) groups is 2. The highest BCUT2D eigenvalue weighted by atomic mass is 35.5. The number of halogens is 3. The van der Waals surface area contributed by atoms with Gasteiger partial charge in [0, 0.05) is 5.56 Å². The highest BCUT2D eigenvalue weighted by molar-refractivity contribution is 6.32. The Balaban J connectivity index is 2.11. The number of rotatable bonds is 8. The van der Waals surface area contributed by atoms with Crippen molar-refractivity contribution in [3.63, 3.8) is 0 Å². The lowest BCUT2D eigenvalue weighted by atomic mass is 10.1. The maximum absolute atomic E-state index is 12.4. The first kappa shape index (κ1) is 21.4. The molecule has 2 aromatic rings. The van der Waals surface area contributed by atoms with E-state index in [1.807, 2.05) is 0 Å². The van der Waals surface area contributed by atoms with Gasteiger partial charge in [0.15, 0.2) is 17.6 Å². The molecular weight excluding hydrogens is 398 g/mol. The average Bonchev–Trinajstić information content (AvgIpc) is 2.66. The van der Waals surface area contributed by atoms with Crippen LogP contribution in [-0.2, 0) is 4.74 Å². The third-order valence-electron chi connectivity index (χ3n) is 3.69. The summed E-state index contributed by atoms with van der Waals surface area (Å²) in [6.45, 7) is -1.57. The van der Waals surface area contributed by atoms with Gasteiger partial charge in [0.1, 0.15) is 5.75 Å². The lowest BCUT2D eigenvalue weighted by molar-refractivity contribution is -0.0498. The summed E-state index contributed by atoms with van der Waals surface area (Å²) in [7, 11) is 2.79. The zero-order valence-corrected chi connectivity index (χ0v) is 16.0. The first-order valence-electron chi connectivity index (χ1n) is 7.98. The van der Waals surface area contributed by atoms with Gasteiger partial charge in [-0.25, -0.2) is 4.79 Å². The maximum atomic E-state index is 12.4. The number of hydrogen-bond acceptors (Lipinski definition) is 6. The van der Waals surface area contributed by atoms with Crippen LogP contribution in [0.4, 0.5) is 8.78 Å². The lowest BCUT2D eigenvalue weighted by Gasteiger charge is -2.15. The van der Waals surface area contributed by atoms with Crippen molar-refractivity contribution in [3.05, 3.63) is 52.5 Å². The highest BCUT2D eigenvalue weighted by Gasteiger charge is 2.22. The molecule has 0 aliphatic carbocycles. The van der Waals surface area contributed by atoms with E-state index in [0.29, 0.717) is 0 Å². The van der Waals surface area contributed by atoms with E-state index in [9.17, 15) is 18.4 Å². The second-order valence-corrected chi connectivity index (χ2v) is 5.92. The van der Waals surface area contributed by atoms with Crippen molar-refractivity contribution in [1.82, 2.24) is 0 Å². The topological polar surface area (TPSA) is 71.1 Å². The maximum Gasteiger partial charge on any atom is 0.387 e. The van der Waals surface area contributed by atoms with Gasteiger partial charge in [-0.2, -0.15) is 8.78 Å². The Kier molecular flexibility index (Phi) is 7.17. The van der Waals surface area contributed by atoms with Crippen molar-refractivity contribution in [1.29, 1.82) is 0 Å². The van der Waals surface area contributed by atoms with E-state index in [0.717, 1.165) is 0 Å². The van der Waals surface area contributed by atoms with Crippen molar-refractivity contribution in [3.8, 4) is 17.2 Å². The molecule has 0 heterocycles. The van der Waals surface area contributed by atoms with Crippen LogP contribution in [0.5, 0.6) is 17.2 Å². The van der Waals surface area contributed by atoms with Crippen LogP contribution in [0.1, 0.15) is 27.6 Å². The molecule has 28 heavy (non-hydrogen) atoms. The smallest absolute Gasteiger partial charge is 0.387 e. The summed E-state index contributed by atoms with van der Waals surface area (Å²) in [4.78, 5) is 24.8. The fourth-order valence-corrected chi connectivity index (χ4v) is 2.64. The third kappa shape index (κ3) is 5.10. The molecule has 0 spiro atoms. The van der Waals surface area contributed by atoms with Crippen LogP contribution in [0.25, 0.3) is 0 Å². The van der Waals surface area contributed by atoms with Crippen LogP contribution in [0, 0.1) is 0 Å². The van der Waals surface area contributed by atoms with E-state index >= 15 is 0 Å². The molecule has 9 heteroatoms. The summed E-state index contributed by atoms with van der Waals surface area (Å²) in [5.74, 6) is -0.896. The van der Waals surface area contributed by atoms with Crippen LogP contribution in [0.15, 0.2) is 36.4 Å². The number of Topliss-reactive ketones (excluding diaryl/α,β-unsaturated/α-hetero) is 1. The van der Waals surface area contributed by atoms with Crippen molar-refractivity contribution in [2.24, 2.45) is 0 Å². The summed E-state index contributed by atoms with van der Waals surface area (Å²) in [6.07, 6.45) is -1.12. The Bertz CT molecular complexity index is 854. The third-order valence-corrected chi connectivity index (χ3v) is 3.97. The highest BCUT2D eigenvalue weighted by Crippen LogP contribution is 2.36. The van der Waals surface area contributed by atoms with Gasteiger partial charge in [0.25, 0.3) is 0 Å². The molecule has 6 nitrogen and oxygen atoms in total. The minimum absolute atomic E-state index is 0.0722. The van der Waals surface area contributed by atoms with Gasteiger partial charge in [-0.15, -0.1) is 0 Å². The number of hydrogen-bond donors (Lipinski definition) is 0. The van der Waals surface area contributed by atoms with E-state index in [1.54, 1.807) is 0 Å². The molecule has 0 amide bonds. The Morgan fingerprint density at radius 3 is 2.18 bits per heavy atom. The predicted octanol–water partition coefficient (Wildman–Crippen LogP) is 4.39. The first-order valence-corrected chi connectivity index (χ1v) is 8.36. The fraction of sp³-hybridized carbons (Fsp3) is 0.263. The van der Waals surface area contributed by atoms with Crippen LogP contribution in [-0.4, -0.2) is 38.7 Å². The number of ketones is 1. The molecule has 0 radical (unpaired) electrons. The number of benzene rings is 2. The van der Waals surface area contributed by atoms with E-state index in [2.05, 4.69) is 4.74 Å². The van der Waals surface area contributed by atoms with Gasteiger partial charge in [-0.3, -0.25) is 4.79 Å². The van der Waals surface area contributed by atoms with Crippen LogP contribution in [0.3, 0.4) is 0 Å². The van der Waals surface area contributed by atoms with Crippen molar-refractivity contribution >= 4 is 23.4 Å². The van der Waals surface area contributed by atoms with Crippen molar-refractivity contribution in [2.75, 3.05) is 14.2 Å². The molecule has 150 valence electrons. The fourth-order valence-electron chi connectivity index (χ4n) is 2.35.